The maximum atomic E-state index is 8.91. The van der Waals surface area contributed by atoms with Crippen molar-refractivity contribution in [2.75, 3.05) is 0 Å². The Hall–Kier alpha value is -0.900. The van der Waals surface area contributed by atoms with E-state index in [0.717, 1.165) is 6.07 Å². The summed E-state index contributed by atoms with van der Waals surface area (Å²) < 4.78 is 0.350. The lowest BCUT2D eigenvalue weighted by Gasteiger charge is -1.99. The van der Waals surface area contributed by atoms with Crippen LogP contribution >= 0.6 is 15.9 Å². The molecule has 3 N–H and O–H groups in total. The van der Waals surface area contributed by atoms with Gasteiger partial charge in [-0.3, -0.25) is 0 Å². The molecule has 1 aromatic carbocycles. The van der Waals surface area contributed by atoms with E-state index in [1.807, 2.05) is 0 Å². The molecule has 1 aromatic rings. The molecular formula is C6H5BrO3. The number of rotatable bonds is 0. The zero-order valence-corrected chi connectivity index (χ0v) is 6.46. The molecule has 4 heteroatoms. The van der Waals surface area contributed by atoms with Crippen LogP contribution in [0, 0.1) is 0 Å². The van der Waals surface area contributed by atoms with Gasteiger partial charge in [-0.05, 0) is 15.9 Å². The predicted molar refractivity (Wildman–Crippen MR) is 39.1 cm³/mol. The van der Waals surface area contributed by atoms with E-state index in [4.69, 9.17) is 15.3 Å². The van der Waals surface area contributed by atoms with Crippen molar-refractivity contribution in [3.8, 4) is 17.2 Å². The van der Waals surface area contributed by atoms with Crippen LogP contribution in [-0.4, -0.2) is 15.3 Å². The summed E-state index contributed by atoms with van der Waals surface area (Å²) in [6.45, 7) is 0. The van der Waals surface area contributed by atoms with Crippen molar-refractivity contribution >= 4 is 15.9 Å². The molecule has 0 saturated carbocycles. The van der Waals surface area contributed by atoms with Crippen molar-refractivity contribution in [3.05, 3.63) is 16.6 Å². The second kappa shape index (κ2) is 2.38. The maximum absolute atomic E-state index is 8.91. The normalized spacial score (nSPS) is 9.70. The fourth-order valence-electron chi connectivity index (χ4n) is 0.540. The molecular weight excluding hydrogens is 200 g/mol. The summed E-state index contributed by atoms with van der Waals surface area (Å²) in [6, 6.07) is 2.27. The number of aromatic hydroxyl groups is 3. The third-order valence-corrected chi connectivity index (χ3v) is 1.68. The molecule has 0 heterocycles. The van der Waals surface area contributed by atoms with Crippen molar-refractivity contribution in [2.45, 2.75) is 0 Å². The first-order valence-corrected chi connectivity index (χ1v) is 3.31. The zero-order chi connectivity index (χ0) is 7.72. The lowest BCUT2D eigenvalue weighted by molar-refractivity contribution is 0.395. The Kier molecular flexibility index (Phi) is 1.72. The molecule has 0 bridgehead atoms. The van der Waals surface area contributed by atoms with Crippen LogP contribution in [0.1, 0.15) is 0 Å². The molecule has 0 fully saturated rings. The van der Waals surface area contributed by atoms with E-state index in [9.17, 15) is 0 Å². The summed E-state index contributed by atoms with van der Waals surface area (Å²) >= 11 is 2.96. The van der Waals surface area contributed by atoms with Crippen molar-refractivity contribution in [1.82, 2.24) is 0 Å². The Morgan fingerprint density at radius 2 is 1.40 bits per heavy atom. The van der Waals surface area contributed by atoms with E-state index in [1.54, 1.807) is 0 Å². The smallest absolute Gasteiger partial charge is 0.161 e. The Bertz CT molecular complexity index is 209. The van der Waals surface area contributed by atoms with Gasteiger partial charge in [0, 0.05) is 12.1 Å². The highest BCUT2D eigenvalue weighted by atomic mass is 79.9. The Morgan fingerprint density at radius 1 is 0.900 bits per heavy atom. The standard InChI is InChI=1S/C6H5BrO3/c7-3-1-5(9)6(10)2-4(3)8/h1-2,8-10H. The van der Waals surface area contributed by atoms with Crippen molar-refractivity contribution in [2.24, 2.45) is 0 Å². The lowest BCUT2D eigenvalue weighted by Crippen LogP contribution is -1.70. The number of phenolic OH excluding ortho intramolecular Hbond substituents is 3. The highest BCUT2D eigenvalue weighted by Gasteiger charge is 2.03. The summed E-state index contributed by atoms with van der Waals surface area (Å²) in [5, 5.41) is 26.5. The Labute approximate surface area is 65.7 Å². The van der Waals surface area contributed by atoms with Gasteiger partial charge in [-0.2, -0.15) is 0 Å². The van der Waals surface area contributed by atoms with E-state index in [2.05, 4.69) is 15.9 Å². The molecule has 0 spiro atoms. The number of hydrogen-bond donors (Lipinski definition) is 3. The quantitative estimate of drug-likeness (QED) is 0.445. The second-order valence-electron chi connectivity index (χ2n) is 1.79. The highest BCUT2D eigenvalue weighted by molar-refractivity contribution is 9.10. The first-order chi connectivity index (χ1) is 4.61. The number of halogens is 1. The SMILES string of the molecule is Oc1cc(O)c(Br)cc1O. The molecule has 0 radical (unpaired) electrons. The van der Waals surface area contributed by atoms with Gasteiger partial charge in [0.05, 0.1) is 4.47 Å². The summed E-state index contributed by atoms with van der Waals surface area (Å²) in [5.74, 6) is -0.694. The van der Waals surface area contributed by atoms with E-state index in [-0.39, 0.29) is 17.2 Å². The lowest BCUT2D eigenvalue weighted by atomic mass is 10.3. The van der Waals surface area contributed by atoms with E-state index < -0.39 is 0 Å². The van der Waals surface area contributed by atoms with E-state index in [0.29, 0.717) is 4.47 Å². The van der Waals surface area contributed by atoms with Crippen LogP contribution in [-0.2, 0) is 0 Å². The largest absolute Gasteiger partial charge is 0.507 e. The van der Waals surface area contributed by atoms with Gasteiger partial charge in [-0.15, -0.1) is 0 Å². The molecule has 0 aliphatic carbocycles. The van der Waals surface area contributed by atoms with Gasteiger partial charge in [0.15, 0.2) is 11.5 Å². The van der Waals surface area contributed by atoms with E-state index >= 15 is 0 Å². The van der Waals surface area contributed by atoms with Crippen LogP contribution in [0.4, 0.5) is 0 Å². The summed E-state index contributed by atoms with van der Waals surface area (Å²) in [5.41, 5.74) is 0. The molecule has 0 unspecified atom stereocenters. The summed E-state index contributed by atoms with van der Waals surface area (Å²) in [6.07, 6.45) is 0. The highest BCUT2D eigenvalue weighted by Crippen LogP contribution is 2.34. The topological polar surface area (TPSA) is 60.7 Å². The van der Waals surface area contributed by atoms with Gasteiger partial charge in [0.1, 0.15) is 5.75 Å². The molecule has 0 atom stereocenters. The van der Waals surface area contributed by atoms with Crippen LogP contribution in [0.15, 0.2) is 16.6 Å². The monoisotopic (exact) mass is 204 g/mol. The predicted octanol–water partition coefficient (Wildman–Crippen LogP) is 1.57. The fourth-order valence-corrected chi connectivity index (χ4v) is 0.872. The van der Waals surface area contributed by atoms with E-state index in [1.165, 1.54) is 6.07 Å². The van der Waals surface area contributed by atoms with Gasteiger partial charge in [0.2, 0.25) is 0 Å². The van der Waals surface area contributed by atoms with Crippen LogP contribution in [0.3, 0.4) is 0 Å². The first kappa shape index (κ1) is 7.21. The van der Waals surface area contributed by atoms with Gasteiger partial charge in [-0.1, -0.05) is 0 Å². The summed E-state index contributed by atoms with van der Waals surface area (Å²) in [7, 11) is 0. The van der Waals surface area contributed by atoms with Crippen LogP contribution in [0.25, 0.3) is 0 Å². The van der Waals surface area contributed by atoms with Crippen LogP contribution in [0.2, 0.25) is 0 Å². The van der Waals surface area contributed by atoms with Crippen molar-refractivity contribution in [3.63, 3.8) is 0 Å². The molecule has 54 valence electrons. The molecule has 1 rings (SSSR count). The number of hydrogen-bond acceptors (Lipinski definition) is 3. The third-order valence-electron chi connectivity index (χ3n) is 1.04. The molecule has 0 saturated heterocycles. The molecule has 10 heavy (non-hydrogen) atoms. The average Bonchev–Trinajstić information content (AvgIpc) is 1.84. The molecule has 3 nitrogen and oxygen atoms in total. The first-order valence-electron chi connectivity index (χ1n) is 2.51. The van der Waals surface area contributed by atoms with Crippen LogP contribution in [0.5, 0.6) is 17.2 Å². The molecule has 0 amide bonds. The minimum atomic E-state index is -0.333. The maximum Gasteiger partial charge on any atom is 0.161 e. The van der Waals surface area contributed by atoms with Gasteiger partial charge in [-0.25, -0.2) is 0 Å². The van der Waals surface area contributed by atoms with Gasteiger partial charge < -0.3 is 15.3 Å². The van der Waals surface area contributed by atoms with Gasteiger partial charge >= 0.3 is 0 Å². The zero-order valence-electron chi connectivity index (χ0n) is 4.87. The minimum absolute atomic E-state index is 0.102. The Balaban J connectivity index is 3.28. The Morgan fingerprint density at radius 3 is 1.90 bits per heavy atom. The van der Waals surface area contributed by atoms with Crippen molar-refractivity contribution in [1.29, 1.82) is 0 Å². The molecule has 0 aliphatic heterocycles. The average molecular weight is 205 g/mol. The van der Waals surface area contributed by atoms with Crippen LogP contribution < -0.4 is 0 Å². The number of phenols is 3. The second-order valence-corrected chi connectivity index (χ2v) is 2.65. The fraction of sp³-hybridized carbons (Fsp3) is 0. The summed E-state index contributed by atoms with van der Waals surface area (Å²) in [4.78, 5) is 0. The minimum Gasteiger partial charge on any atom is -0.507 e. The molecule has 0 aromatic heterocycles. The number of benzene rings is 1. The third kappa shape index (κ3) is 1.16. The van der Waals surface area contributed by atoms with Crippen molar-refractivity contribution < 1.29 is 15.3 Å². The molecule has 0 aliphatic rings. The van der Waals surface area contributed by atoms with Gasteiger partial charge in [0.25, 0.3) is 0 Å².